The van der Waals surface area contributed by atoms with Gasteiger partial charge in [-0.3, -0.25) is 0 Å². The van der Waals surface area contributed by atoms with Gasteiger partial charge in [0.1, 0.15) is 0 Å². The molecule has 1 aromatic rings. The van der Waals surface area contributed by atoms with E-state index in [2.05, 4.69) is 36.6 Å². The molecular weight excluding hydrogens is 212 g/mol. The molecule has 2 aliphatic rings. The van der Waals surface area contributed by atoms with Crippen LogP contribution in [-0.4, -0.2) is 0 Å². The van der Waals surface area contributed by atoms with E-state index in [0.29, 0.717) is 0 Å². The number of benzene rings is 1. The van der Waals surface area contributed by atoms with Gasteiger partial charge >= 0.3 is 0 Å². The highest BCUT2D eigenvalue weighted by molar-refractivity contribution is 8.02. The van der Waals surface area contributed by atoms with Crippen molar-refractivity contribution in [2.45, 2.75) is 37.5 Å². The summed E-state index contributed by atoms with van der Waals surface area (Å²) in [6.45, 7) is 2.29. The monoisotopic (exact) mass is 228 g/mol. The summed E-state index contributed by atoms with van der Waals surface area (Å²) in [5.41, 5.74) is 6.12. The Morgan fingerprint density at radius 2 is 2.00 bits per heavy atom. The van der Waals surface area contributed by atoms with Crippen LogP contribution in [0, 0.1) is 0 Å². The Morgan fingerprint density at radius 3 is 2.94 bits per heavy atom. The third-order valence-corrected chi connectivity index (χ3v) is 4.39. The van der Waals surface area contributed by atoms with Gasteiger partial charge in [-0.15, -0.1) is 0 Å². The quantitative estimate of drug-likeness (QED) is 0.614. The summed E-state index contributed by atoms with van der Waals surface area (Å²) >= 11 is 1.86. The fourth-order valence-corrected chi connectivity index (χ4v) is 3.51. The molecule has 1 heterocycles. The van der Waals surface area contributed by atoms with Gasteiger partial charge in [-0.2, -0.15) is 0 Å². The molecule has 0 spiro atoms. The maximum Gasteiger partial charge on any atom is 0.0197 e. The molecule has 3 rings (SSSR count). The van der Waals surface area contributed by atoms with Crippen LogP contribution in [0.4, 0.5) is 0 Å². The molecule has 82 valence electrons. The van der Waals surface area contributed by atoms with E-state index < -0.39 is 0 Å². The number of aryl methyl sites for hydroxylation is 1. The minimum Gasteiger partial charge on any atom is -0.0974 e. The normalized spacial score (nSPS) is 23.6. The molecule has 0 atom stereocenters. The summed E-state index contributed by atoms with van der Waals surface area (Å²) < 4.78 is 0. The minimum absolute atomic E-state index is 1.24. The molecule has 0 saturated heterocycles. The highest BCUT2D eigenvalue weighted by Crippen LogP contribution is 2.40. The highest BCUT2D eigenvalue weighted by Gasteiger charge is 2.17. The van der Waals surface area contributed by atoms with Gasteiger partial charge in [0.05, 0.1) is 0 Å². The van der Waals surface area contributed by atoms with Crippen LogP contribution in [0.3, 0.4) is 0 Å². The van der Waals surface area contributed by atoms with Crippen LogP contribution in [-0.2, 0) is 6.42 Å². The van der Waals surface area contributed by atoms with Crippen LogP contribution in [0.15, 0.2) is 40.2 Å². The van der Waals surface area contributed by atoms with Gasteiger partial charge < -0.3 is 0 Å². The van der Waals surface area contributed by atoms with Crippen molar-refractivity contribution in [3.63, 3.8) is 0 Å². The lowest BCUT2D eigenvalue weighted by Crippen LogP contribution is -2.02. The van der Waals surface area contributed by atoms with Gasteiger partial charge in [-0.25, -0.2) is 0 Å². The molecule has 1 aliphatic carbocycles. The first-order valence-electron chi connectivity index (χ1n) is 6.01. The summed E-state index contributed by atoms with van der Waals surface area (Å²) in [4.78, 5) is 1.44. The number of thioether (sulfide) groups is 1. The Hall–Kier alpha value is -0.950. The molecule has 0 amide bonds. The first kappa shape index (κ1) is 10.2. The molecule has 0 nitrogen and oxygen atoms in total. The van der Waals surface area contributed by atoms with E-state index in [1.807, 2.05) is 11.8 Å². The van der Waals surface area contributed by atoms with Gasteiger partial charge in [-0.05, 0) is 66.9 Å². The fourth-order valence-electron chi connectivity index (χ4n) is 2.64. The third kappa shape index (κ3) is 1.63. The molecule has 0 N–H and O–H groups in total. The molecule has 0 saturated carbocycles. The maximum absolute atomic E-state index is 2.30. The second-order valence-electron chi connectivity index (χ2n) is 4.61. The van der Waals surface area contributed by atoms with Crippen molar-refractivity contribution >= 4 is 17.3 Å². The van der Waals surface area contributed by atoms with Gasteiger partial charge in [-0.1, -0.05) is 29.5 Å². The van der Waals surface area contributed by atoms with E-state index in [9.17, 15) is 0 Å². The summed E-state index contributed by atoms with van der Waals surface area (Å²) in [5.74, 6) is 0. The molecule has 0 radical (unpaired) electrons. The lowest BCUT2D eigenvalue weighted by atomic mass is 9.88. The second kappa shape index (κ2) is 4.14. The largest absolute Gasteiger partial charge is 0.0974 e. The van der Waals surface area contributed by atoms with Gasteiger partial charge in [0.2, 0.25) is 0 Å². The topological polar surface area (TPSA) is 0 Å². The Balaban J connectivity index is 2.26. The number of hydrogen-bond acceptors (Lipinski definition) is 1. The predicted molar refractivity (Wildman–Crippen MR) is 71.6 cm³/mol. The molecule has 0 unspecified atom stereocenters. The predicted octanol–water partition coefficient (Wildman–Crippen LogP) is 4.81. The van der Waals surface area contributed by atoms with Crippen molar-refractivity contribution in [2.24, 2.45) is 0 Å². The van der Waals surface area contributed by atoms with E-state index in [1.54, 1.807) is 11.1 Å². The SMILES string of the molecule is C/C1=C2\C=CSc3cccc(c32)CCCC1. The smallest absolute Gasteiger partial charge is 0.0197 e. The van der Waals surface area contributed by atoms with Crippen molar-refractivity contribution in [3.8, 4) is 0 Å². The van der Waals surface area contributed by atoms with Crippen molar-refractivity contribution < 1.29 is 0 Å². The third-order valence-electron chi connectivity index (χ3n) is 3.52. The molecular formula is C15H16S. The zero-order valence-electron chi connectivity index (χ0n) is 9.62. The zero-order valence-corrected chi connectivity index (χ0v) is 10.4. The van der Waals surface area contributed by atoms with Gasteiger partial charge in [0.25, 0.3) is 0 Å². The van der Waals surface area contributed by atoms with Crippen molar-refractivity contribution in [1.82, 2.24) is 0 Å². The molecule has 1 heteroatoms. The molecule has 0 aromatic heterocycles. The van der Waals surface area contributed by atoms with E-state index >= 15 is 0 Å². The minimum atomic E-state index is 1.24. The summed E-state index contributed by atoms with van der Waals surface area (Å²) in [6.07, 6.45) is 7.47. The van der Waals surface area contributed by atoms with Crippen molar-refractivity contribution in [3.05, 3.63) is 46.4 Å². The van der Waals surface area contributed by atoms with Crippen molar-refractivity contribution in [2.75, 3.05) is 0 Å². The van der Waals surface area contributed by atoms with E-state index in [1.165, 1.54) is 41.7 Å². The summed E-state index contributed by atoms with van der Waals surface area (Å²) in [6, 6.07) is 6.76. The maximum atomic E-state index is 2.30. The molecule has 1 aliphatic heterocycles. The average molecular weight is 228 g/mol. The van der Waals surface area contributed by atoms with E-state index in [4.69, 9.17) is 0 Å². The van der Waals surface area contributed by atoms with Crippen LogP contribution < -0.4 is 0 Å². The Morgan fingerprint density at radius 1 is 1.12 bits per heavy atom. The Labute approximate surface area is 101 Å². The van der Waals surface area contributed by atoms with Gasteiger partial charge in [0.15, 0.2) is 0 Å². The Kier molecular flexibility index (Phi) is 2.64. The first-order chi connectivity index (χ1) is 7.86. The fraction of sp³-hybridized carbons (Fsp3) is 0.333. The van der Waals surface area contributed by atoms with E-state index in [0.717, 1.165) is 0 Å². The average Bonchev–Trinajstić information content (AvgIpc) is 2.32. The summed E-state index contributed by atoms with van der Waals surface area (Å²) in [7, 11) is 0. The van der Waals surface area contributed by atoms with Crippen LogP contribution in [0.25, 0.3) is 5.57 Å². The zero-order chi connectivity index (χ0) is 11.0. The van der Waals surface area contributed by atoms with Gasteiger partial charge in [0, 0.05) is 4.90 Å². The van der Waals surface area contributed by atoms with E-state index in [-0.39, 0.29) is 0 Å². The highest BCUT2D eigenvalue weighted by atomic mass is 32.2. The number of hydrogen-bond donors (Lipinski definition) is 0. The standard InChI is InChI=1S/C15H16S/c1-11-5-2-3-6-12-7-4-8-14-15(12)13(11)9-10-16-14/h4,7-10H,2-3,5-6H2,1H3/b13-11-. The van der Waals surface area contributed by atoms with Crippen LogP contribution >= 0.6 is 11.8 Å². The lowest BCUT2D eigenvalue weighted by molar-refractivity contribution is 0.722. The molecule has 1 aromatic carbocycles. The van der Waals surface area contributed by atoms with Crippen LogP contribution in [0.2, 0.25) is 0 Å². The molecule has 16 heavy (non-hydrogen) atoms. The summed E-state index contributed by atoms with van der Waals surface area (Å²) in [5, 5.41) is 2.23. The van der Waals surface area contributed by atoms with Crippen LogP contribution in [0.5, 0.6) is 0 Å². The lowest BCUT2D eigenvalue weighted by Gasteiger charge is -2.22. The van der Waals surface area contributed by atoms with Crippen LogP contribution in [0.1, 0.15) is 37.3 Å². The Bertz CT molecular complexity index is 480. The molecule has 0 fully saturated rings. The number of rotatable bonds is 0. The second-order valence-corrected chi connectivity index (χ2v) is 5.56. The number of allylic oxidation sites excluding steroid dienone is 3. The first-order valence-corrected chi connectivity index (χ1v) is 6.89. The van der Waals surface area contributed by atoms with Crippen molar-refractivity contribution in [1.29, 1.82) is 0 Å². The molecule has 0 bridgehead atoms.